The Hall–Kier alpha value is -2.97. The summed E-state index contributed by atoms with van der Waals surface area (Å²) < 4.78 is 1.60. The summed E-state index contributed by atoms with van der Waals surface area (Å²) in [6.45, 7) is 0.200. The lowest BCUT2D eigenvalue weighted by molar-refractivity contribution is -0.129. The molecule has 1 aliphatic rings. The molecule has 0 saturated heterocycles. The maximum absolute atomic E-state index is 11.8. The predicted molar refractivity (Wildman–Crippen MR) is 92.5 cm³/mol. The largest absolute Gasteiger partial charge is 0.347 e. The summed E-state index contributed by atoms with van der Waals surface area (Å²) in [6, 6.07) is 0. The molecule has 9 nitrogen and oxygen atoms in total. The van der Waals surface area contributed by atoms with Gasteiger partial charge in [-0.1, -0.05) is 6.42 Å². The number of hydrogen-bond donors (Lipinski definition) is 2. The van der Waals surface area contributed by atoms with Gasteiger partial charge in [0, 0.05) is 26.2 Å². The van der Waals surface area contributed by atoms with Gasteiger partial charge >= 0.3 is 0 Å². The number of nitrogens with zero attached hydrogens (tertiary/aromatic N) is 6. The predicted octanol–water partition coefficient (Wildman–Crippen LogP) is 1.65. The van der Waals surface area contributed by atoms with Crippen molar-refractivity contribution >= 4 is 28.4 Å². The zero-order valence-corrected chi connectivity index (χ0v) is 14.2. The first-order valence-electron chi connectivity index (χ1n) is 8.31. The molecule has 1 saturated carbocycles. The van der Waals surface area contributed by atoms with Crippen LogP contribution in [-0.2, 0) is 11.3 Å². The molecule has 4 rings (SSSR count). The van der Waals surface area contributed by atoms with Gasteiger partial charge < -0.3 is 10.2 Å². The van der Waals surface area contributed by atoms with Gasteiger partial charge in [0.25, 0.3) is 0 Å². The molecule has 0 atom stereocenters. The third kappa shape index (κ3) is 3.04. The van der Waals surface area contributed by atoms with Gasteiger partial charge in [0.15, 0.2) is 5.82 Å². The number of rotatable bonds is 5. The highest BCUT2D eigenvalue weighted by Crippen LogP contribution is 2.36. The summed E-state index contributed by atoms with van der Waals surface area (Å²) in [4.78, 5) is 22.6. The lowest BCUT2D eigenvalue weighted by Crippen LogP contribution is -2.26. The van der Waals surface area contributed by atoms with Crippen molar-refractivity contribution in [1.82, 2.24) is 34.8 Å². The minimum Gasteiger partial charge on any atom is -0.347 e. The van der Waals surface area contributed by atoms with Crippen molar-refractivity contribution in [2.45, 2.75) is 31.7 Å². The van der Waals surface area contributed by atoms with Gasteiger partial charge in [-0.05, 0) is 12.8 Å². The van der Waals surface area contributed by atoms with E-state index in [0.29, 0.717) is 11.7 Å². The molecule has 0 unspecified atom stereocenters. The number of nitrogens with one attached hydrogen (secondary N) is 2. The Bertz CT molecular complexity index is 908. The van der Waals surface area contributed by atoms with Crippen molar-refractivity contribution in [3.63, 3.8) is 0 Å². The van der Waals surface area contributed by atoms with Crippen LogP contribution in [0.2, 0.25) is 0 Å². The SMILES string of the molecule is CN(C)C(=O)Cn1cc(Nc2nc(C3CCC3)nc3cn[nH]c23)cn1. The van der Waals surface area contributed by atoms with E-state index in [1.54, 1.807) is 37.4 Å². The fraction of sp³-hybridized carbons (Fsp3) is 0.438. The van der Waals surface area contributed by atoms with Crippen LogP contribution in [0.1, 0.15) is 31.0 Å². The van der Waals surface area contributed by atoms with Crippen LogP contribution in [0.25, 0.3) is 11.0 Å². The topological polar surface area (TPSA) is 105 Å². The second kappa shape index (κ2) is 6.15. The molecule has 1 fully saturated rings. The van der Waals surface area contributed by atoms with Gasteiger partial charge in [0.1, 0.15) is 23.4 Å². The van der Waals surface area contributed by atoms with Crippen LogP contribution in [0.15, 0.2) is 18.6 Å². The van der Waals surface area contributed by atoms with Gasteiger partial charge in [-0.3, -0.25) is 14.6 Å². The molecule has 0 radical (unpaired) electrons. The molecule has 3 heterocycles. The first-order chi connectivity index (χ1) is 12.1. The van der Waals surface area contributed by atoms with E-state index in [-0.39, 0.29) is 12.5 Å². The van der Waals surface area contributed by atoms with Crippen molar-refractivity contribution < 1.29 is 4.79 Å². The standard InChI is InChI=1S/C16H20N8O/c1-23(2)13(25)9-24-8-11(6-18-24)19-16-14-12(7-17-22-14)20-15(21-16)10-4-3-5-10/h6-8,10H,3-5,9H2,1-2H3,(H,17,22)(H,19,20,21). The summed E-state index contributed by atoms with van der Waals surface area (Å²) in [7, 11) is 3.45. The normalized spacial score (nSPS) is 14.5. The second-order valence-corrected chi connectivity index (χ2v) is 6.53. The minimum atomic E-state index is -0.0140. The number of likely N-dealkylation sites (N-methyl/N-ethyl adjacent to an activating group) is 1. The third-order valence-corrected chi connectivity index (χ3v) is 4.48. The Morgan fingerprint density at radius 1 is 1.36 bits per heavy atom. The Morgan fingerprint density at radius 3 is 2.92 bits per heavy atom. The number of carbonyl (C=O) groups excluding carboxylic acids is 1. The monoisotopic (exact) mass is 340 g/mol. The molecular formula is C16H20N8O. The summed E-state index contributed by atoms with van der Waals surface area (Å²) in [5.74, 6) is 1.96. The lowest BCUT2D eigenvalue weighted by atomic mass is 9.85. The van der Waals surface area contributed by atoms with Crippen molar-refractivity contribution in [3.8, 4) is 0 Å². The minimum absolute atomic E-state index is 0.0140. The van der Waals surface area contributed by atoms with Gasteiger partial charge in [-0.25, -0.2) is 9.97 Å². The Kier molecular flexibility index (Phi) is 3.83. The van der Waals surface area contributed by atoms with Crippen molar-refractivity contribution in [3.05, 3.63) is 24.4 Å². The fourth-order valence-corrected chi connectivity index (χ4v) is 2.73. The number of aromatic nitrogens is 6. The molecule has 0 spiro atoms. The van der Waals surface area contributed by atoms with E-state index in [1.807, 2.05) is 0 Å². The lowest BCUT2D eigenvalue weighted by Gasteiger charge is -2.24. The highest BCUT2D eigenvalue weighted by molar-refractivity contribution is 5.86. The number of H-pyrrole nitrogens is 1. The van der Waals surface area contributed by atoms with Crippen LogP contribution < -0.4 is 5.32 Å². The average Bonchev–Trinajstić information content (AvgIpc) is 3.14. The summed E-state index contributed by atoms with van der Waals surface area (Å²) in [5, 5.41) is 14.5. The zero-order valence-electron chi connectivity index (χ0n) is 14.2. The summed E-state index contributed by atoms with van der Waals surface area (Å²) in [6.07, 6.45) is 8.67. The molecule has 3 aromatic heterocycles. The van der Waals surface area contributed by atoms with Crippen molar-refractivity contribution in [2.24, 2.45) is 0 Å². The van der Waals surface area contributed by atoms with Gasteiger partial charge in [-0.2, -0.15) is 10.2 Å². The van der Waals surface area contributed by atoms with Crippen molar-refractivity contribution in [1.29, 1.82) is 0 Å². The van der Waals surface area contributed by atoms with Crippen LogP contribution in [0, 0.1) is 0 Å². The smallest absolute Gasteiger partial charge is 0.243 e. The highest BCUT2D eigenvalue weighted by Gasteiger charge is 2.24. The number of hydrogen-bond acceptors (Lipinski definition) is 6. The van der Waals surface area contributed by atoms with Gasteiger partial charge in [0.05, 0.1) is 18.1 Å². The van der Waals surface area contributed by atoms with Crippen LogP contribution in [0.4, 0.5) is 11.5 Å². The molecule has 0 aromatic carbocycles. The van der Waals surface area contributed by atoms with E-state index in [0.717, 1.165) is 35.4 Å². The van der Waals surface area contributed by atoms with Gasteiger partial charge in [-0.15, -0.1) is 0 Å². The molecule has 1 amide bonds. The molecule has 0 aliphatic heterocycles. The van der Waals surface area contributed by atoms with E-state index in [9.17, 15) is 4.79 Å². The third-order valence-electron chi connectivity index (χ3n) is 4.48. The molecule has 1 aliphatic carbocycles. The number of aromatic amines is 1. The van der Waals surface area contributed by atoms with E-state index in [1.165, 1.54) is 11.3 Å². The van der Waals surface area contributed by atoms with Crippen LogP contribution in [0.5, 0.6) is 0 Å². The summed E-state index contributed by atoms with van der Waals surface area (Å²) in [5.41, 5.74) is 2.33. The van der Waals surface area contributed by atoms with Gasteiger partial charge in [0.2, 0.25) is 5.91 Å². The number of amides is 1. The first kappa shape index (κ1) is 15.6. The number of anilines is 2. The molecule has 25 heavy (non-hydrogen) atoms. The van der Waals surface area contributed by atoms with E-state index >= 15 is 0 Å². The maximum atomic E-state index is 11.8. The quantitative estimate of drug-likeness (QED) is 0.732. The molecule has 3 aromatic rings. The van der Waals surface area contributed by atoms with Crippen LogP contribution in [-0.4, -0.2) is 54.8 Å². The van der Waals surface area contributed by atoms with Crippen molar-refractivity contribution in [2.75, 3.05) is 19.4 Å². The van der Waals surface area contributed by atoms with Crippen LogP contribution >= 0.6 is 0 Å². The highest BCUT2D eigenvalue weighted by atomic mass is 16.2. The Morgan fingerprint density at radius 2 is 2.20 bits per heavy atom. The van der Waals surface area contributed by atoms with Crippen LogP contribution in [0.3, 0.4) is 0 Å². The maximum Gasteiger partial charge on any atom is 0.243 e. The zero-order chi connectivity index (χ0) is 17.4. The molecule has 130 valence electrons. The number of carbonyl (C=O) groups is 1. The molecule has 2 N–H and O–H groups in total. The molecule has 0 bridgehead atoms. The first-order valence-corrected chi connectivity index (χ1v) is 8.31. The summed E-state index contributed by atoms with van der Waals surface area (Å²) >= 11 is 0. The Balaban J connectivity index is 1.59. The number of fused-ring (bicyclic) bond motifs is 1. The molecular weight excluding hydrogens is 320 g/mol. The average molecular weight is 340 g/mol. The van der Waals surface area contributed by atoms with E-state index < -0.39 is 0 Å². The Labute approximate surface area is 144 Å². The molecule has 9 heteroatoms. The second-order valence-electron chi connectivity index (χ2n) is 6.53. The van der Waals surface area contributed by atoms with E-state index in [2.05, 4.69) is 30.6 Å². The van der Waals surface area contributed by atoms with E-state index in [4.69, 9.17) is 0 Å². The fourth-order valence-electron chi connectivity index (χ4n) is 2.73.